The fraction of sp³-hybridized carbons (Fsp3) is 1.00. The SMILES string of the molecule is CNOCC1(N(C)C)CC1. The fourth-order valence-electron chi connectivity index (χ4n) is 1.07. The van der Waals surface area contributed by atoms with Crippen LogP contribution in [0.25, 0.3) is 0 Å². The van der Waals surface area contributed by atoms with E-state index in [1.807, 2.05) is 0 Å². The molecule has 60 valence electrons. The monoisotopic (exact) mass is 144 g/mol. The number of hydroxylamine groups is 1. The van der Waals surface area contributed by atoms with Gasteiger partial charge < -0.3 is 9.74 Å². The van der Waals surface area contributed by atoms with Crippen LogP contribution in [-0.4, -0.2) is 38.2 Å². The molecule has 3 heteroatoms. The van der Waals surface area contributed by atoms with Gasteiger partial charge in [0.15, 0.2) is 0 Å². The molecule has 0 aromatic carbocycles. The van der Waals surface area contributed by atoms with Gasteiger partial charge in [-0.25, -0.2) is 5.48 Å². The maximum Gasteiger partial charge on any atom is 0.0865 e. The molecule has 0 aliphatic heterocycles. The van der Waals surface area contributed by atoms with Crippen molar-refractivity contribution in [3.05, 3.63) is 0 Å². The van der Waals surface area contributed by atoms with Gasteiger partial charge in [0, 0.05) is 12.6 Å². The topological polar surface area (TPSA) is 24.5 Å². The molecule has 0 atom stereocenters. The molecule has 1 aliphatic rings. The van der Waals surface area contributed by atoms with Crippen molar-refractivity contribution in [3.63, 3.8) is 0 Å². The van der Waals surface area contributed by atoms with Gasteiger partial charge in [-0.2, -0.15) is 0 Å². The summed E-state index contributed by atoms with van der Waals surface area (Å²) >= 11 is 0. The van der Waals surface area contributed by atoms with E-state index in [0.717, 1.165) is 6.61 Å². The highest BCUT2D eigenvalue weighted by atomic mass is 16.6. The molecule has 0 saturated heterocycles. The van der Waals surface area contributed by atoms with E-state index in [9.17, 15) is 0 Å². The Kier molecular flexibility index (Phi) is 2.28. The van der Waals surface area contributed by atoms with Crippen LogP contribution in [0.2, 0.25) is 0 Å². The fourth-order valence-corrected chi connectivity index (χ4v) is 1.07. The minimum Gasteiger partial charge on any atom is -0.301 e. The minimum atomic E-state index is 0.350. The van der Waals surface area contributed by atoms with E-state index < -0.39 is 0 Å². The third-order valence-electron chi connectivity index (χ3n) is 2.26. The van der Waals surface area contributed by atoms with Crippen LogP contribution in [0, 0.1) is 0 Å². The van der Waals surface area contributed by atoms with Gasteiger partial charge >= 0.3 is 0 Å². The summed E-state index contributed by atoms with van der Waals surface area (Å²) in [4.78, 5) is 7.37. The summed E-state index contributed by atoms with van der Waals surface area (Å²) in [6, 6.07) is 0. The zero-order valence-corrected chi connectivity index (χ0v) is 6.98. The molecule has 0 aromatic rings. The van der Waals surface area contributed by atoms with Crippen LogP contribution in [-0.2, 0) is 4.84 Å². The van der Waals surface area contributed by atoms with Gasteiger partial charge in [0.2, 0.25) is 0 Å². The van der Waals surface area contributed by atoms with Crippen molar-refractivity contribution in [1.82, 2.24) is 10.4 Å². The summed E-state index contributed by atoms with van der Waals surface area (Å²) in [6.45, 7) is 0.802. The highest BCUT2D eigenvalue weighted by Crippen LogP contribution is 2.39. The number of hydrogen-bond donors (Lipinski definition) is 1. The quantitative estimate of drug-likeness (QED) is 0.572. The molecule has 0 radical (unpaired) electrons. The summed E-state index contributed by atoms with van der Waals surface area (Å²) in [7, 11) is 6.00. The first-order valence-electron chi connectivity index (χ1n) is 3.67. The van der Waals surface area contributed by atoms with E-state index in [4.69, 9.17) is 4.84 Å². The molecule has 1 saturated carbocycles. The van der Waals surface area contributed by atoms with Crippen LogP contribution in [0.3, 0.4) is 0 Å². The number of likely N-dealkylation sites (N-methyl/N-ethyl adjacent to an activating group) is 1. The molecule has 10 heavy (non-hydrogen) atoms. The molecule has 0 heterocycles. The summed E-state index contributed by atoms with van der Waals surface area (Å²) < 4.78 is 0. The lowest BCUT2D eigenvalue weighted by molar-refractivity contribution is 0.0120. The van der Waals surface area contributed by atoms with E-state index in [0.29, 0.717) is 5.54 Å². The van der Waals surface area contributed by atoms with E-state index in [-0.39, 0.29) is 0 Å². The van der Waals surface area contributed by atoms with Crippen molar-refractivity contribution in [2.24, 2.45) is 0 Å². The normalized spacial score (nSPS) is 21.6. The maximum atomic E-state index is 5.13. The Morgan fingerprint density at radius 3 is 2.40 bits per heavy atom. The molecule has 3 nitrogen and oxygen atoms in total. The maximum absolute atomic E-state index is 5.13. The van der Waals surface area contributed by atoms with Crippen molar-refractivity contribution in [3.8, 4) is 0 Å². The third-order valence-corrected chi connectivity index (χ3v) is 2.26. The number of rotatable bonds is 4. The average molecular weight is 144 g/mol. The van der Waals surface area contributed by atoms with Gasteiger partial charge in [-0.15, -0.1) is 0 Å². The lowest BCUT2D eigenvalue weighted by atomic mass is 10.3. The van der Waals surface area contributed by atoms with Crippen LogP contribution in [0.15, 0.2) is 0 Å². The molecule has 0 aromatic heterocycles. The van der Waals surface area contributed by atoms with Crippen molar-refractivity contribution in [2.75, 3.05) is 27.7 Å². The summed E-state index contributed by atoms with van der Waals surface area (Å²) in [5.74, 6) is 0. The second-order valence-corrected chi connectivity index (χ2v) is 3.11. The Bertz CT molecular complexity index is 110. The zero-order valence-electron chi connectivity index (χ0n) is 6.98. The molecule has 0 unspecified atom stereocenters. The van der Waals surface area contributed by atoms with Gasteiger partial charge in [0.1, 0.15) is 0 Å². The van der Waals surface area contributed by atoms with E-state index in [2.05, 4.69) is 24.5 Å². The molecule has 1 rings (SSSR count). The predicted octanol–water partition coefficient (Wildman–Crippen LogP) is 0.232. The van der Waals surface area contributed by atoms with E-state index in [1.54, 1.807) is 7.05 Å². The van der Waals surface area contributed by atoms with Gasteiger partial charge in [-0.05, 0) is 26.9 Å². The van der Waals surface area contributed by atoms with Crippen LogP contribution in [0.1, 0.15) is 12.8 Å². The molecule has 1 aliphatic carbocycles. The highest BCUT2D eigenvalue weighted by molar-refractivity contribution is 5.01. The third kappa shape index (κ3) is 1.48. The second-order valence-electron chi connectivity index (χ2n) is 3.11. The van der Waals surface area contributed by atoms with Crippen molar-refractivity contribution in [2.45, 2.75) is 18.4 Å². The van der Waals surface area contributed by atoms with Gasteiger partial charge in [0.05, 0.1) is 6.61 Å². The van der Waals surface area contributed by atoms with Crippen LogP contribution < -0.4 is 5.48 Å². The van der Waals surface area contributed by atoms with E-state index in [1.165, 1.54) is 12.8 Å². The predicted molar refractivity (Wildman–Crippen MR) is 40.7 cm³/mol. The smallest absolute Gasteiger partial charge is 0.0865 e. The zero-order chi connectivity index (χ0) is 7.61. The Morgan fingerprint density at radius 2 is 2.10 bits per heavy atom. The average Bonchev–Trinajstić information content (AvgIpc) is 2.64. The van der Waals surface area contributed by atoms with Crippen LogP contribution >= 0.6 is 0 Å². The van der Waals surface area contributed by atoms with Crippen molar-refractivity contribution < 1.29 is 4.84 Å². The first-order chi connectivity index (χ1) is 4.71. The Labute approximate surface area is 62.3 Å². The molecular weight excluding hydrogens is 128 g/mol. The number of nitrogens with zero attached hydrogens (tertiary/aromatic N) is 1. The van der Waals surface area contributed by atoms with Crippen LogP contribution in [0.5, 0.6) is 0 Å². The Hall–Kier alpha value is -0.120. The first kappa shape index (κ1) is 7.98. The Balaban J connectivity index is 2.24. The second kappa shape index (κ2) is 2.86. The molecule has 0 bridgehead atoms. The van der Waals surface area contributed by atoms with Crippen molar-refractivity contribution in [1.29, 1.82) is 0 Å². The van der Waals surface area contributed by atoms with Crippen molar-refractivity contribution >= 4 is 0 Å². The summed E-state index contributed by atoms with van der Waals surface area (Å²) in [5, 5.41) is 0. The van der Waals surface area contributed by atoms with Gasteiger partial charge in [-0.3, -0.25) is 0 Å². The molecule has 0 amide bonds. The van der Waals surface area contributed by atoms with Crippen LogP contribution in [0.4, 0.5) is 0 Å². The largest absolute Gasteiger partial charge is 0.301 e. The van der Waals surface area contributed by atoms with Gasteiger partial charge in [-0.1, -0.05) is 0 Å². The first-order valence-corrected chi connectivity index (χ1v) is 3.67. The molecule has 1 fully saturated rings. The molecule has 0 spiro atoms. The minimum absolute atomic E-state index is 0.350. The Morgan fingerprint density at radius 1 is 1.50 bits per heavy atom. The van der Waals surface area contributed by atoms with Gasteiger partial charge in [0.25, 0.3) is 0 Å². The standard InChI is InChI=1S/C7H16N2O/c1-8-10-6-7(4-5-7)9(2)3/h8H,4-6H2,1-3H3. The summed E-state index contributed by atoms with van der Waals surface area (Å²) in [5.41, 5.74) is 3.04. The number of hydrogen-bond acceptors (Lipinski definition) is 3. The highest BCUT2D eigenvalue weighted by Gasteiger charge is 2.45. The number of nitrogens with one attached hydrogen (secondary N) is 1. The molecule has 1 N–H and O–H groups in total. The van der Waals surface area contributed by atoms with E-state index >= 15 is 0 Å². The summed E-state index contributed by atoms with van der Waals surface area (Å²) in [6.07, 6.45) is 2.53. The molecular formula is C7H16N2O. The lowest BCUT2D eigenvalue weighted by Gasteiger charge is -2.22. The lowest BCUT2D eigenvalue weighted by Crippen LogP contribution is -2.36.